The second kappa shape index (κ2) is 13.0. The van der Waals surface area contributed by atoms with Gasteiger partial charge in [0.05, 0.1) is 4.90 Å². The molecule has 5 nitrogen and oxygen atoms in total. The number of hydrogen-bond donors (Lipinski definition) is 1. The van der Waals surface area contributed by atoms with Gasteiger partial charge in [-0.15, -0.1) is 5.75 Å². The van der Waals surface area contributed by atoms with Crippen molar-refractivity contribution in [3.05, 3.63) is 48.0 Å². The monoisotopic (exact) mass is 430 g/mol. The number of aryl methyl sites for hydroxylation is 1. The molecule has 0 saturated carbocycles. The Balaban J connectivity index is 0.00000392. The predicted octanol–water partition coefficient (Wildman–Crippen LogP) is 2.10. The predicted molar refractivity (Wildman–Crippen MR) is 104 cm³/mol. The molecular formula is C21H27KO5S. The average molecular weight is 431 g/mol. The first-order valence-electron chi connectivity index (χ1n) is 9.45. The minimum Gasteiger partial charge on any atom is -0.872 e. The molecule has 148 valence electrons. The summed E-state index contributed by atoms with van der Waals surface area (Å²) in [7, 11) is -4.29. The van der Waals surface area contributed by atoms with E-state index in [1.54, 1.807) is 18.2 Å². The fourth-order valence-electron chi connectivity index (χ4n) is 2.91. The van der Waals surface area contributed by atoms with Crippen LogP contribution in [-0.4, -0.2) is 13.0 Å². The molecule has 2 rings (SSSR count). The molecule has 0 radical (unpaired) electrons. The Hall–Kier alpha value is -0.414. The zero-order valence-corrected chi connectivity index (χ0v) is 20.6. The van der Waals surface area contributed by atoms with Gasteiger partial charge in [-0.3, -0.25) is 4.55 Å². The van der Waals surface area contributed by atoms with Crippen molar-refractivity contribution in [2.24, 2.45) is 0 Å². The first-order chi connectivity index (χ1) is 12.9. The van der Waals surface area contributed by atoms with Crippen molar-refractivity contribution >= 4 is 10.1 Å². The third kappa shape index (κ3) is 8.94. The number of unbranched alkanes of at least 4 members (excludes halogenated alkanes) is 6. The van der Waals surface area contributed by atoms with Crippen LogP contribution in [0.25, 0.3) is 0 Å². The van der Waals surface area contributed by atoms with E-state index in [1.807, 2.05) is 0 Å². The van der Waals surface area contributed by atoms with Crippen LogP contribution in [0.3, 0.4) is 0 Å². The summed E-state index contributed by atoms with van der Waals surface area (Å²) in [6.07, 6.45) is 9.17. The van der Waals surface area contributed by atoms with Crippen LogP contribution in [0.1, 0.15) is 57.4 Å². The van der Waals surface area contributed by atoms with Crippen molar-refractivity contribution in [3.63, 3.8) is 0 Å². The smallest absolute Gasteiger partial charge is 0.872 e. The molecule has 0 aliphatic carbocycles. The van der Waals surface area contributed by atoms with Gasteiger partial charge in [0.25, 0.3) is 10.1 Å². The summed E-state index contributed by atoms with van der Waals surface area (Å²) in [6.45, 7) is 2.20. The van der Waals surface area contributed by atoms with Gasteiger partial charge in [-0.2, -0.15) is 8.42 Å². The largest absolute Gasteiger partial charge is 1.00 e. The SMILES string of the molecule is CCCCCCCCCc1ccc(Oc2cccc(S(=O)(=O)O)c2)cc1[O-].[K+]. The van der Waals surface area contributed by atoms with E-state index in [1.165, 1.54) is 56.4 Å². The number of ether oxygens (including phenoxy) is 1. The molecule has 2 aromatic rings. The molecule has 0 aromatic heterocycles. The van der Waals surface area contributed by atoms with Gasteiger partial charge in [0.1, 0.15) is 11.5 Å². The average Bonchev–Trinajstić information content (AvgIpc) is 2.62. The molecule has 0 fully saturated rings. The van der Waals surface area contributed by atoms with Crippen molar-refractivity contribution < 1.29 is 74.2 Å². The maximum atomic E-state index is 12.2. The second-order valence-electron chi connectivity index (χ2n) is 6.69. The van der Waals surface area contributed by atoms with Crippen molar-refractivity contribution in [3.8, 4) is 17.2 Å². The van der Waals surface area contributed by atoms with Gasteiger partial charge in [-0.1, -0.05) is 63.1 Å². The van der Waals surface area contributed by atoms with Crippen LogP contribution in [0, 0.1) is 0 Å². The molecule has 2 aromatic carbocycles. The molecule has 0 heterocycles. The van der Waals surface area contributed by atoms with E-state index in [0.29, 0.717) is 5.75 Å². The number of benzene rings is 2. The van der Waals surface area contributed by atoms with Crippen molar-refractivity contribution in [1.82, 2.24) is 0 Å². The van der Waals surface area contributed by atoms with Crippen LogP contribution in [0.2, 0.25) is 0 Å². The molecule has 0 saturated heterocycles. The molecule has 7 heteroatoms. The molecular weight excluding hydrogens is 403 g/mol. The topological polar surface area (TPSA) is 86.7 Å². The van der Waals surface area contributed by atoms with Gasteiger partial charge in [-0.05, 0) is 37.1 Å². The van der Waals surface area contributed by atoms with Crippen LogP contribution in [0.4, 0.5) is 0 Å². The third-order valence-corrected chi connectivity index (χ3v) is 5.28. The van der Waals surface area contributed by atoms with Gasteiger partial charge in [-0.25, -0.2) is 0 Å². The van der Waals surface area contributed by atoms with Crippen LogP contribution >= 0.6 is 0 Å². The van der Waals surface area contributed by atoms with Crippen molar-refractivity contribution in [1.29, 1.82) is 0 Å². The molecule has 0 unspecified atom stereocenters. The van der Waals surface area contributed by atoms with E-state index in [0.717, 1.165) is 24.8 Å². The zero-order valence-electron chi connectivity index (χ0n) is 16.7. The van der Waals surface area contributed by atoms with E-state index in [4.69, 9.17) is 9.29 Å². The van der Waals surface area contributed by atoms with E-state index < -0.39 is 10.1 Å². The maximum Gasteiger partial charge on any atom is 1.00 e. The molecule has 1 N–H and O–H groups in total. The Labute approximate surface area is 210 Å². The quantitative estimate of drug-likeness (QED) is 0.335. The van der Waals surface area contributed by atoms with Gasteiger partial charge in [0.2, 0.25) is 0 Å². The summed E-state index contributed by atoms with van der Waals surface area (Å²) < 4.78 is 37.0. The fourth-order valence-corrected chi connectivity index (χ4v) is 3.43. The maximum absolute atomic E-state index is 12.2. The standard InChI is InChI=1S/C21H28O5S.K/c1-2-3-4-5-6-7-8-10-17-13-14-19(16-21(17)22)26-18-11-9-12-20(15-18)27(23,24)25;/h9,11-16,22H,2-8,10H2,1H3,(H,23,24,25);/q;+1/p-1. The van der Waals surface area contributed by atoms with Gasteiger partial charge >= 0.3 is 51.4 Å². The summed E-state index contributed by atoms with van der Waals surface area (Å²) in [4.78, 5) is -0.252. The van der Waals surface area contributed by atoms with Crippen molar-refractivity contribution in [2.75, 3.05) is 0 Å². The molecule has 0 spiro atoms. The molecule has 0 bridgehead atoms. The number of hydrogen-bond acceptors (Lipinski definition) is 4. The number of rotatable bonds is 11. The Morgan fingerprint density at radius 2 is 1.57 bits per heavy atom. The summed E-state index contributed by atoms with van der Waals surface area (Å²) >= 11 is 0. The van der Waals surface area contributed by atoms with Crippen LogP contribution in [-0.2, 0) is 16.5 Å². The van der Waals surface area contributed by atoms with Crippen LogP contribution in [0.5, 0.6) is 17.2 Å². The summed E-state index contributed by atoms with van der Waals surface area (Å²) in [5.74, 6) is 0.504. The molecule has 0 amide bonds. The third-order valence-electron chi connectivity index (χ3n) is 4.43. The first kappa shape index (κ1) is 25.6. The minimum atomic E-state index is -4.29. The zero-order chi connectivity index (χ0) is 19.7. The van der Waals surface area contributed by atoms with E-state index >= 15 is 0 Å². The molecule has 0 atom stereocenters. The van der Waals surface area contributed by atoms with Crippen LogP contribution < -0.4 is 61.2 Å². The fraction of sp³-hybridized carbons (Fsp3) is 0.429. The molecule has 0 aliphatic rings. The summed E-state index contributed by atoms with van der Waals surface area (Å²) in [5, 5.41) is 12.2. The van der Waals surface area contributed by atoms with E-state index in [2.05, 4.69) is 6.92 Å². The van der Waals surface area contributed by atoms with E-state index in [9.17, 15) is 13.5 Å². The Morgan fingerprint density at radius 1 is 0.929 bits per heavy atom. The van der Waals surface area contributed by atoms with Gasteiger partial charge in [0, 0.05) is 6.07 Å². The van der Waals surface area contributed by atoms with Crippen molar-refractivity contribution in [2.45, 2.75) is 63.2 Å². The van der Waals surface area contributed by atoms with Gasteiger partial charge < -0.3 is 9.84 Å². The van der Waals surface area contributed by atoms with Gasteiger partial charge in [0.15, 0.2) is 0 Å². The summed E-state index contributed by atoms with van der Waals surface area (Å²) in [5.41, 5.74) is 0.766. The second-order valence-corrected chi connectivity index (χ2v) is 8.11. The minimum absolute atomic E-state index is 0. The Bertz CT molecular complexity index is 836. The molecule has 0 aliphatic heterocycles. The normalized spacial score (nSPS) is 11.1. The Kier molecular flexibility index (Phi) is 11.9. The van der Waals surface area contributed by atoms with Crippen LogP contribution in [0.15, 0.2) is 47.4 Å². The Morgan fingerprint density at radius 3 is 2.21 bits per heavy atom. The molecule has 28 heavy (non-hydrogen) atoms. The summed E-state index contributed by atoms with van der Waals surface area (Å²) in [6, 6.07) is 10.4. The van der Waals surface area contributed by atoms with E-state index in [-0.39, 0.29) is 67.8 Å². The first-order valence-corrected chi connectivity index (χ1v) is 10.9.